The molecule has 0 heterocycles. The minimum absolute atomic E-state index is 0.0598. The SMILES string of the molecule is CC(=O)NCC#Cc1c(F)cc(Br)cc1F. The molecule has 1 rings (SSSR count). The molecule has 1 aromatic carbocycles. The molecule has 16 heavy (non-hydrogen) atoms. The summed E-state index contributed by atoms with van der Waals surface area (Å²) in [5, 5.41) is 2.40. The van der Waals surface area contributed by atoms with Crippen LogP contribution in [-0.4, -0.2) is 12.5 Å². The van der Waals surface area contributed by atoms with E-state index in [1.165, 1.54) is 6.92 Å². The van der Waals surface area contributed by atoms with Crippen molar-refractivity contribution in [1.82, 2.24) is 5.32 Å². The van der Waals surface area contributed by atoms with Gasteiger partial charge in [0, 0.05) is 11.4 Å². The van der Waals surface area contributed by atoms with Crippen LogP contribution in [0, 0.1) is 23.5 Å². The van der Waals surface area contributed by atoms with Gasteiger partial charge in [0.1, 0.15) is 11.6 Å². The van der Waals surface area contributed by atoms with Crippen LogP contribution < -0.4 is 5.32 Å². The van der Waals surface area contributed by atoms with Gasteiger partial charge in [0.05, 0.1) is 12.1 Å². The Labute approximate surface area is 100 Å². The van der Waals surface area contributed by atoms with Crippen molar-refractivity contribution < 1.29 is 13.6 Å². The van der Waals surface area contributed by atoms with Crippen LogP contribution in [0.5, 0.6) is 0 Å². The summed E-state index contributed by atoms with van der Waals surface area (Å²) in [6, 6.07) is 2.26. The molecule has 0 aliphatic carbocycles. The highest BCUT2D eigenvalue weighted by Gasteiger charge is 2.07. The Bertz CT molecular complexity index is 454. The van der Waals surface area contributed by atoms with E-state index >= 15 is 0 Å². The zero-order chi connectivity index (χ0) is 12.1. The number of hydrogen-bond donors (Lipinski definition) is 1. The molecule has 0 fully saturated rings. The number of carbonyl (C=O) groups is 1. The van der Waals surface area contributed by atoms with Gasteiger partial charge in [-0.3, -0.25) is 4.79 Å². The summed E-state index contributed by atoms with van der Waals surface area (Å²) in [5.74, 6) is 3.07. The van der Waals surface area contributed by atoms with E-state index in [1.807, 2.05) is 0 Å². The van der Waals surface area contributed by atoms with Crippen LogP contribution in [-0.2, 0) is 4.79 Å². The number of halogens is 3. The molecule has 0 saturated heterocycles. The number of amides is 1. The van der Waals surface area contributed by atoms with Crippen LogP contribution in [0.4, 0.5) is 8.78 Å². The third-order valence-corrected chi connectivity index (χ3v) is 2.10. The molecular formula is C11H8BrF2NO. The van der Waals surface area contributed by atoms with Gasteiger partial charge in [-0.2, -0.15) is 0 Å². The van der Waals surface area contributed by atoms with Gasteiger partial charge < -0.3 is 5.32 Å². The van der Waals surface area contributed by atoms with Gasteiger partial charge in [0.15, 0.2) is 0 Å². The second-order valence-electron chi connectivity index (χ2n) is 2.96. The van der Waals surface area contributed by atoms with Crippen LogP contribution >= 0.6 is 15.9 Å². The van der Waals surface area contributed by atoms with E-state index in [-0.39, 0.29) is 18.0 Å². The van der Waals surface area contributed by atoms with Crippen molar-refractivity contribution in [2.75, 3.05) is 6.54 Å². The Kier molecular flexibility index (Phi) is 4.44. The standard InChI is InChI=1S/C11H8BrF2NO/c1-7(16)15-4-2-3-9-10(13)5-8(12)6-11(9)14/h5-6H,4H2,1H3,(H,15,16). The minimum Gasteiger partial charge on any atom is -0.345 e. The summed E-state index contributed by atoms with van der Waals surface area (Å²) in [6.07, 6.45) is 0. The molecular weight excluding hydrogens is 280 g/mol. The first-order valence-corrected chi connectivity index (χ1v) is 5.18. The van der Waals surface area contributed by atoms with Crippen molar-refractivity contribution in [3.05, 3.63) is 33.8 Å². The summed E-state index contributed by atoms with van der Waals surface area (Å²) in [5.41, 5.74) is -0.298. The first kappa shape index (κ1) is 12.7. The smallest absolute Gasteiger partial charge is 0.217 e. The van der Waals surface area contributed by atoms with Crippen molar-refractivity contribution in [2.45, 2.75) is 6.92 Å². The van der Waals surface area contributed by atoms with E-state index < -0.39 is 11.6 Å². The highest BCUT2D eigenvalue weighted by atomic mass is 79.9. The number of carbonyl (C=O) groups excluding carboxylic acids is 1. The van der Waals surface area contributed by atoms with E-state index in [1.54, 1.807) is 0 Å². The quantitative estimate of drug-likeness (QED) is 0.789. The molecule has 1 N–H and O–H groups in total. The minimum atomic E-state index is -0.734. The molecule has 0 aliphatic rings. The maximum absolute atomic E-state index is 13.2. The molecule has 0 unspecified atom stereocenters. The van der Waals surface area contributed by atoms with E-state index in [0.29, 0.717) is 4.47 Å². The lowest BCUT2D eigenvalue weighted by molar-refractivity contribution is -0.118. The average molecular weight is 288 g/mol. The lowest BCUT2D eigenvalue weighted by Gasteiger charge is -1.98. The van der Waals surface area contributed by atoms with Gasteiger partial charge in [0.2, 0.25) is 5.91 Å². The van der Waals surface area contributed by atoms with Crippen LogP contribution in [0.1, 0.15) is 12.5 Å². The largest absolute Gasteiger partial charge is 0.345 e. The second kappa shape index (κ2) is 5.61. The molecule has 0 aromatic heterocycles. The third-order valence-electron chi connectivity index (χ3n) is 1.65. The zero-order valence-electron chi connectivity index (χ0n) is 8.40. The molecule has 84 valence electrons. The van der Waals surface area contributed by atoms with Crippen molar-refractivity contribution in [3.8, 4) is 11.8 Å². The molecule has 0 atom stereocenters. The van der Waals surface area contributed by atoms with Gasteiger partial charge in [0.25, 0.3) is 0 Å². The van der Waals surface area contributed by atoms with Crippen molar-refractivity contribution in [3.63, 3.8) is 0 Å². The number of nitrogens with one attached hydrogen (secondary N) is 1. The molecule has 0 spiro atoms. The van der Waals surface area contributed by atoms with Crippen LogP contribution in [0.3, 0.4) is 0 Å². The number of hydrogen-bond acceptors (Lipinski definition) is 1. The highest BCUT2D eigenvalue weighted by molar-refractivity contribution is 9.10. The molecule has 5 heteroatoms. The van der Waals surface area contributed by atoms with Crippen molar-refractivity contribution in [2.24, 2.45) is 0 Å². The fourth-order valence-electron chi connectivity index (χ4n) is 0.963. The Hall–Kier alpha value is -1.41. The first-order valence-electron chi connectivity index (χ1n) is 4.38. The fraction of sp³-hybridized carbons (Fsp3) is 0.182. The summed E-state index contributed by atoms with van der Waals surface area (Å²) in [4.78, 5) is 10.5. The molecule has 0 saturated carbocycles. The molecule has 1 amide bonds. The Morgan fingerprint density at radius 3 is 2.50 bits per heavy atom. The van der Waals surface area contributed by atoms with Gasteiger partial charge in [-0.25, -0.2) is 8.78 Å². The predicted octanol–water partition coefficient (Wildman–Crippen LogP) is 2.21. The summed E-state index contributed by atoms with van der Waals surface area (Å²) < 4.78 is 26.8. The molecule has 0 radical (unpaired) electrons. The lowest BCUT2D eigenvalue weighted by Crippen LogP contribution is -2.19. The average Bonchev–Trinajstić information content (AvgIpc) is 2.14. The van der Waals surface area contributed by atoms with Gasteiger partial charge in [-0.1, -0.05) is 27.8 Å². The Balaban J connectivity index is 2.84. The summed E-state index contributed by atoms with van der Waals surface area (Å²) in [6.45, 7) is 1.40. The maximum atomic E-state index is 13.2. The molecule has 0 bridgehead atoms. The van der Waals surface area contributed by atoms with Gasteiger partial charge in [-0.05, 0) is 12.1 Å². The fourth-order valence-corrected chi connectivity index (χ4v) is 1.36. The van der Waals surface area contributed by atoms with Gasteiger partial charge >= 0.3 is 0 Å². The monoisotopic (exact) mass is 287 g/mol. The van der Waals surface area contributed by atoms with Crippen LogP contribution in [0.25, 0.3) is 0 Å². The van der Waals surface area contributed by atoms with E-state index in [9.17, 15) is 13.6 Å². The Morgan fingerprint density at radius 2 is 2.00 bits per heavy atom. The predicted molar refractivity (Wildman–Crippen MR) is 59.6 cm³/mol. The topological polar surface area (TPSA) is 29.1 Å². The Morgan fingerprint density at radius 1 is 1.44 bits per heavy atom. The van der Waals surface area contributed by atoms with Gasteiger partial charge in [-0.15, -0.1) is 0 Å². The normalized spacial score (nSPS) is 9.25. The second-order valence-corrected chi connectivity index (χ2v) is 3.87. The number of rotatable bonds is 1. The first-order chi connectivity index (χ1) is 7.50. The van der Waals surface area contributed by atoms with E-state index in [4.69, 9.17) is 0 Å². The maximum Gasteiger partial charge on any atom is 0.217 e. The van der Waals surface area contributed by atoms with Crippen molar-refractivity contribution in [1.29, 1.82) is 0 Å². The summed E-state index contributed by atoms with van der Waals surface area (Å²) >= 11 is 2.96. The molecule has 0 aliphatic heterocycles. The summed E-state index contributed by atoms with van der Waals surface area (Å²) in [7, 11) is 0. The van der Waals surface area contributed by atoms with E-state index in [0.717, 1.165) is 12.1 Å². The van der Waals surface area contributed by atoms with Crippen molar-refractivity contribution >= 4 is 21.8 Å². The number of benzene rings is 1. The van der Waals surface area contributed by atoms with Crippen LogP contribution in [0.2, 0.25) is 0 Å². The zero-order valence-corrected chi connectivity index (χ0v) is 9.99. The highest BCUT2D eigenvalue weighted by Crippen LogP contribution is 2.18. The lowest BCUT2D eigenvalue weighted by atomic mass is 10.2. The molecule has 2 nitrogen and oxygen atoms in total. The third kappa shape index (κ3) is 3.63. The van der Waals surface area contributed by atoms with Crippen LogP contribution in [0.15, 0.2) is 16.6 Å². The van der Waals surface area contributed by atoms with E-state index in [2.05, 4.69) is 33.1 Å². The molecule has 1 aromatic rings.